The number of ether oxygens (including phenoxy) is 3. The summed E-state index contributed by atoms with van der Waals surface area (Å²) in [7, 11) is 0. The minimum absolute atomic E-state index is 0.0550. The van der Waals surface area contributed by atoms with E-state index in [1.54, 1.807) is 13.0 Å². The summed E-state index contributed by atoms with van der Waals surface area (Å²) in [6.45, 7) is 7.44. The van der Waals surface area contributed by atoms with Gasteiger partial charge in [-0.05, 0) is 80.2 Å². The van der Waals surface area contributed by atoms with Gasteiger partial charge in [-0.3, -0.25) is 4.79 Å². The molecule has 0 saturated carbocycles. The zero-order chi connectivity index (χ0) is 20.8. The molecular formula is C19H23IN2O5S. The van der Waals surface area contributed by atoms with E-state index in [1.807, 2.05) is 19.9 Å². The second-order valence-corrected chi connectivity index (χ2v) is 7.55. The molecule has 0 bridgehead atoms. The van der Waals surface area contributed by atoms with E-state index in [-0.39, 0.29) is 19.0 Å². The number of benzene rings is 1. The lowest BCUT2D eigenvalue weighted by Crippen LogP contribution is -2.44. The van der Waals surface area contributed by atoms with Gasteiger partial charge in [0.25, 0.3) is 0 Å². The largest absolute Gasteiger partial charge is 0.490 e. The Bertz CT molecular complexity index is 825. The number of rotatable bonds is 8. The van der Waals surface area contributed by atoms with E-state index < -0.39 is 12.0 Å². The molecule has 0 amide bonds. The van der Waals surface area contributed by atoms with Crippen LogP contribution in [0, 0.1) is 3.57 Å². The van der Waals surface area contributed by atoms with Gasteiger partial charge in [-0.15, -0.1) is 0 Å². The molecule has 28 heavy (non-hydrogen) atoms. The molecule has 1 aromatic rings. The van der Waals surface area contributed by atoms with Crippen molar-refractivity contribution in [1.29, 1.82) is 0 Å². The van der Waals surface area contributed by atoms with E-state index in [1.165, 1.54) is 6.92 Å². The monoisotopic (exact) mass is 518 g/mol. The van der Waals surface area contributed by atoms with Crippen molar-refractivity contribution < 1.29 is 23.8 Å². The number of carbonyl (C=O) groups excluding carboxylic acids is 2. The molecule has 1 aliphatic rings. The van der Waals surface area contributed by atoms with Gasteiger partial charge in [-0.25, -0.2) is 4.79 Å². The van der Waals surface area contributed by atoms with Gasteiger partial charge in [0.2, 0.25) is 0 Å². The number of Topliss-reactive ketones (excluding diaryl/α,β-unsaturated/α-hetero) is 1. The van der Waals surface area contributed by atoms with Gasteiger partial charge in [-0.1, -0.05) is 0 Å². The molecule has 2 N–H and O–H groups in total. The zero-order valence-electron chi connectivity index (χ0n) is 16.2. The summed E-state index contributed by atoms with van der Waals surface area (Å²) in [5, 5.41) is 6.58. The number of thiocarbonyl (C=S) groups is 1. The Labute approximate surface area is 183 Å². The molecule has 9 heteroatoms. The van der Waals surface area contributed by atoms with E-state index in [9.17, 15) is 9.59 Å². The molecule has 2 rings (SSSR count). The van der Waals surface area contributed by atoms with Gasteiger partial charge >= 0.3 is 5.97 Å². The summed E-state index contributed by atoms with van der Waals surface area (Å²) in [4.78, 5) is 23.8. The van der Waals surface area contributed by atoms with E-state index in [2.05, 4.69) is 33.2 Å². The van der Waals surface area contributed by atoms with Crippen LogP contribution in [0.2, 0.25) is 0 Å². The van der Waals surface area contributed by atoms with Crippen molar-refractivity contribution in [3.63, 3.8) is 0 Å². The Morgan fingerprint density at radius 3 is 2.54 bits per heavy atom. The Hall–Kier alpha value is -1.88. The minimum Gasteiger partial charge on any atom is -0.490 e. The third kappa shape index (κ3) is 5.34. The number of esters is 1. The van der Waals surface area contributed by atoms with Gasteiger partial charge in [0.15, 0.2) is 29.0 Å². The third-order valence-corrected chi connectivity index (χ3v) is 4.97. The molecule has 1 aliphatic heterocycles. The predicted molar refractivity (Wildman–Crippen MR) is 117 cm³/mol. The van der Waals surface area contributed by atoms with Gasteiger partial charge < -0.3 is 24.8 Å². The van der Waals surface area contributed by atoms with Crippen molar-refractivity contribution in [1.82, 2.24) is 10.6 Å². The highest BCUT2D eigenvalue weighted by Crippen LogP contribution is 2.38. The molecule has 0 radical (unpaired) electrons. The fourth-order valence-corrected chi connectivity index (χ4v) is 3.95. The summed E-state index contributed by atoms with van der Waals surface area (Å²) in [6.07, 6.45) is 0. The van der Waals surface area contributed by atoms with E-state index in [4.69, 9.17) is 26.4 Å². The van der Waals surface area contributed by atoms with Crippen molar-refractivity contribution in [2.24, 2.45) is 0 Å². The van der Waals surface area contributed by atoms with Crippen molar-refractivity contribution in [3.8, 4) is 11.5 Å². The fourth-order valence-electron chi connectivity index (χ4n) is 2.90. The molecule has 0 aromatic heterocycles. The second-order valence-electron chi connectivity index (χ2n) is 5.98. The molecule has 7 nitrogen and oxygen atoms in total. The highest BCUT2D eigenvalue weighted by molar-refractivity contribution is 14.1. The Balaban J connectivity index is 2.43. The SMILES string of the molecule is CCOC(=O)COc1c(I)cc(C2NC(=S)NC(C)=C2C(C)=O)cc1OCC. The number of hydrogen-bond acceptors (Lipinski definition) is 6. The van der Waals surface area contributed by atoms with Crippen molar-refractivity contribution in [3.05, 3.63) is 32.5 Å². The van der Waals surface area contributed by atoms with Crippen LogP contribution in [0.3, 0.4) is 0 Å². The molecule has 0 spiro atoms. The maximum atomic E-state index is 12.2. The molecule has 1 aromatic carbocycles. The zero-order valence-corrected chi connectivity index (χ0v) is 19.2. The first-order valence-corrected chi connectivity index (χ1v) is 10.3. The number of ketones is 1. The minimum atomic E-state index is -0.451. The van der Waals surface area contributed by atoms with Crippen LogP contribution in [0.1, 0.15) is 39.3 Å². The predicted octanol–water partition coefficient (Wildman–Crippen LogP) is 3.01. The molecule has 0 saturated heterocycles. The van der Waals surface area contributed by atoms with E-state index in [0.717, 1.165) is 14.8 Å². The lowest BCUT2D eigenvalue weighted by Gasteiger charge is -2.30. The summed E-state index contributed by atoms with van der Waals surface area (Å²) >= 11 is 7.38. The van der Waals surface area contributed by atoms with Crippen LogP contribution in [-0.4, -0.2) is 36.7 Å². The standard InChI is InChI=1S/C19H23IN2O5S/c1-5-25-14-8-12(7-13(20)18(14)27-9-15(24)26-6-2)17-16(11(4)23)10(3)21-19(28)22-17/h7-8,17H,5-6,9H2,1-4H3,(H2,21,22,28). The third-order valence-electron chi connectivity index (χ3n) is 3.95. The molecule has 0 aliphatic carbocycles. The lowest BCUT2D eigenvalue weighted by atomic mass is 9.93. The number of carbonyl (C=O) groups is 2. The van der Waals surface area contributed by atoms with Crippen LogP contribution in [0.4, 0.5) is 0 Å². The summed E-state index contributed by atoms with van der Waals surface area (Å²) < 4.78 is 17.0. The van der Waals surface area contributed by atoms with Crippen LogP contribution in [0.25, 0.3) is 0 Å². The van der Waals surface area contributed by atoms with Crippen molar-refractivity contribution in [2.75, 3.05) is 19.8 Å². The Morgan fingerprint density at radius 1 is 1.21 bits per heavy atom. The summed E-state index contributed by atoms with van der Waals surface area (Å²) in [6, 6.07) is 3.28. The molecule has 152 valence electrons. The van der Waals surface area contributed by atoms with Gasteiger partial charge in [0.1, 0.15) is 0 Å². The quantitative estimate of drug-likeness (QED) is 0.309. The molecule has 1 heterocycles. The maximum Gasteiger partial charge on any atom is 0.344 e. The average Bonchev–Trinajstić information content (AvgIpc) is 2.60. The van der Waals surface area contributed by atoms with Gasteiger partial charge in [0, 0.05) is 11.3 Å². The first-order valence-electron chi connectivity index (χ1n) is 8.82. The summed E-state index contributed by atoms with van der Waals surface area (Å²) in [5.41, 5.74) is 2.13. The summed E-state index contributed by atoms with van der Waals surface area (Å²) in [5.74, 6) is 0.439. The van der Waals surface area contributed by atoms with E-state index in [0.29, 0.717) is 28.8 Å². The fraction of sp³-hybridized carbons (Fsp3) is 0.421. The smallest absolute Gasteiger partial charge is 0.344 e. The second kappa shape index (κ2) is 10.1. The van der Waals surface area contributed by atoms with Crippen LogP contribution in [-0.2, 0) is 14.3 Å². The normalized spacial score (nSPS) is 16.2. The van der Waals surface area contributed by atoms with Crippen LogP contribution in [0.5, 0.6) is 11.5 Å². The van der Waals surface area contributed by atoms with Gasteiger partial charge in [0.05, 0.1) is 22.8 Å². The first-order chi connectivity index (χ1) is 13.3. The van der Waals surface area contributed by atoms with Crippen LogP contribution >= 0.6 is 34.8 Å². The number of nitrogens with one attached hydrogen (secondary N) is 2. The number of halogens is 1. The average molecular weight is 518 g/mol. The highest BCUT2D eigenvalue weighted by Gasteiger charge is 2.29. The van der Waals surface area contributed by atoms with E-state index >= 15 is 0 Å². The van der Waals surface area contributed by atoms with Crippen LogP contribution < -0.4 is 20.1 Å². The van der Waals surface area contributed by atoms with Crippen LogP contribution in [0.15, 0.2) is 23.4 Å². The van der Waals surface area contributed by atoms with Crippen molar-refractivity contribution >= 4 is 51.7 Å². The molecule has 1 atom stereocenters. The molecular weight excluding hydrogens is 495 g/mol. The van der Waals surface area contributed by atoms with Crippen molar-refractivity contribution in [2.45, 2.75) is 33.7 Å². The Morgan fingerprint density at radius 2 is 1.93 bits per heavy atom. The molecule has 0 fully saturated rings. The first kappa shape index (κ1) is 22.4. The van der Waals surface area contributed by atoms with Gasteiger partial charge in [-0.2, -0.15) is 0 Å². The molecule has 1 unspecified atom stereocenters. The Kier molecular flexibility index (Phi) is 8.05. The topological polar surface area (TPSA) is 85.9 Å². The highest BCUT2D eigenvalue weighted by atomic mass is 127. The maximum absolute atomic E-state index is 12.2. The number of hydrogen-bond donors (Lipinski definition) is 2. The lowest BCUT2D eigenvalue weighted by molar-refractivity contribution is -0.145. The number of allylic oxidation sites excluding steroid dienone is 1.